The van der Waals surface area contributed by atoms with Crippen LogP contribution < -0.4 is 10.9 Å². The summed E-state index contributed by atoms with van der Waals surface area (Å²) in [6.07, 6.45) is -0.204. The maximum absolute atomic E-state index is 12.9. The first kappa shape index (κ1) is 17.8. The van der Waals surface area contributed by atoms with Crippen LogP contribution >= 0.6 is 11.6 Å². The molecule has 1 N–H and O–H groups in total. The molecule has 1 atom stereocenters. The van der Waals surface area contributed by atoms with Gasteiger partial charge in [0.1, 0.15) is 13.7 Å². The molecule has 0 spiro atoms. The molecule has 1 fully saturated rings. The topological polar surface area (TPSA) is 81.1 Å². The second-order valence-corrected chi connectivity index (χ2v) is 6.65. The summed E-state index contributed by atoms with van der Waals surface area (Å²) in [5, 5.41) is 0.983. The molecule has 0 saturated carbocycles. The summed E-state index contributed by atoms with van der Waals surface area (Å²) >= 11 is 5.93. The largest absolute Gasteiger partial charge is 0.296 e. The number of carbonyl (C=O) groups is 2. The summed E-state index contributed by atoms with van der Waals surface area (Å²) in [6.45, 7) is 1.54. The number of aromatic nitrogens is 2. The Kier molecular flexibility index (Phi) is 4.10. The molecule has 1 aliphatic heterocycles. The highest BCUT2D eigenvalue weighted by molar-refractivity contribution is 6.52. The van der Waals surface area contributed by atoms with Crippen molar-refractivity contribution >= 4 is 57.9 Å². The van der Waals surface area contributed by atoms with Crippen molar-refractivity contribution in [3.63, 3.8) is 0 Å². The predicted octanol–water partition coefficient (Wildman–Crippen LogP) is 0.0694. The number of hydrogen-bond donors (Lipinski definition) is 1. The molecule has 1 aromatic carbocycles. The van der Waals surface area contributed by atoms with Crippen LogP contribution in [0.1, 0.15) is 18.7 Å². The van der Waals surface area contributed by atoms with Crippen molar-refractivity contribution in [3.8, 4) is 0 Å². The van der Waals surface area contributed by atoms with Gasteiger partial charge in [0.15, 0.2) is 0 Å². The number of fused-ring (bicyclic) bond motifs is 1. The van der Waals surface area contributed by atoms with Crippen LogP contribution in [0.3, 0.4) is 0 Å². The van der Waals surface area contributed by atoms with Gasteiger partial charge in [-0.25, -0.2) is 4.98 Å². The van der Waals surface area contributed by atoms with Crippen molar-refractivity contribution < 1.29 is 9.59 Å². The van der Waals surface area contributed by atoms with Crippen molar-refractivity contribution in [1.82, 2.24) is 14.9 Å². The van der Waals surface area contributed by atoms with Crippen molar-refractivity contribution in [1.29, 1.82) is 0 Å². The Balaban J connectivity index is 2.24. The van der Waals surface area contributed by atoms with E-state index in [2.05, 4.69) is 10.3 Å². The van der Waals surface area contributed by atoms with Crippen molar-refractivity contribution in [2.75, 3.05) is 0 Å². The fourth-order valence-electron chi connectivity index (χ4n) is 2.91. The minimum atomic E-state index is -1.85. The molecule has 6 nitrogen and oxygen atoms in total. The van der Waals surface area contributed by atoms with Crippen LogP contribution in [0.4, 0.5) is 0 Å². The van der Waals surface area contributed by atoms with E-state index in [1.165, 1.54) is 19.1 Å². The minimum Gasteiger partial charge on any atom is -0.296 e. The Morgan fingerprint density at radius 2 is 1.84 bits per heavy atom. The molecule has 25 heavy (non-hydrogen) atoms. The fourth-order valence-corrected chi connectivity index (χ4v) is 3.07. The monoisotopic (exact) mass is 349 g/mol. The van der Waals surface area contributed by atoms with Gasteiger partial charge in [-0.05, 0) is 36.8 Å². The molecule has 2 amide bonds. The second kappa shape index (κ2) is 5.76. The SMILES string of the molecule is [B]C1([B])CC[C@]([B])(n2c(C)nc3cc(Cl)ccc3c2=O)C(=O)NC1=O. The summed E-state index contributed by atoms with van der Waals surface area (Å²) < 4.78 is 1.06. The van der Waals surface area contributed by atoms with Crippen LogP contribution in [0.5, 0.6) is 0 Å². The first-order chi connectivity index (χ1) is 11.6. The van der Waals surface area contributed by atoms with E-state index >= 15 is 0 Å². The fraction of sp³-hybridized carbons (Fsp3) is 0.333. The summed E-state index contributed by atoms with van der Waals surface area (Å²) in [7, 11) is 17.7. The van der Waals surface area contributed by atoms with Crippen molar-refractivity contribution in [3.05, 3.63) is 39.4 Å². The normalized spacial score (nSPS) is 23.3. The van der Waals surface area contributed by atoms with Gasteiger partial charge in [0, 0.05) is 5.02 Å². The van der Waals surface area contributed by atoms with E-state index in [1.807, 2.05) is 0 Å². The van der Waals surface area contributed by atoms with Gasteiger partial charge in [-0.2, -0.15) is 0 Å². The smallest absolute Gasteiger partial charge is 0.261 e. The van der Waals surface area contributed by atoms with Crippen LogP contribution in [0.25, 0.3) is 10.9 Å². The lowest BCUT2D eigenvalue weighted by atomic mass is 9.51. The lowest BCUT2D eigenvalue weighted by Gasteiger charge is -2.31. The number of rotatable bonds is 1. The van der Waals surface area contributed by atoms with Crippen molar-refractivity contribution in [2.24, 2.45) is 0 Å². The lowest BCUT2D eigenvalue weighted by molar-refractivity contribution is -0.132. The molecule has 6 radical (unpaired) electrons. The van der Waals surface area contributed by atoms with Gasteiger partial charge < -0.3 is 0 Å². The highest BCUT2D eigenvalue weighted by Crippen LogP contribution is 2.33. The van der Waals surface area contributed by atoms with Crippen LogP contribution in [-0.2, 0) is 15.0 Å². The molecule has 0 unspecified atom stereocenters. The van der Waals surface area contributed by atoms with Crippen LogP contribution in [0.15, 0.2) is 23.0 Å². The maximum Gasteiger partial charge on any atom is 0.261 e. The standard InChI is InChI=1S/C15H11B3ClN3O3/c1-7-20-10-6-8(19)2-3-9(10)11(23)22(7)15(18)5-4-14(16,17)12(24)21-13(15)25/h2-3,6H,4-5H2,1H3,(H,21,24,25)/t15-/m0/s1. The van der Waals surface area contributed by atoms with E-state index in [0.29, 0.717) is 10.5 Å². The van der Waals surface area contributed by atoms with E-state index in [-0.39, 0.29) is 24.1 Å². The summed E-state index contributed by atoms with van der Waals surface area (Å²) in [5.41, 5.74) is -1.99. The molecule has 10 heteroatoms. The summed E-state index contributed by atoms with van der Waals surface area (Å²) in [5.74, 6) is -1.52. The third-order valence-electron chi connectivity index (χ3n) is 4.36. The quantitative estimate of drug-likeness (QED) is 0.584. The Hall–Kier alpha value is -2.02. The first-order valence-electron chi connectivity index (χ1n) is 7.48. The molecule has 0 aliphatic carbocycles. The number of amides is 2. The maximum atomic E-state index is 12.9. The Morgan fingerprint density at radius 3 is 2.52 bits per heavy atom. The van der Waals surface area contributed by atoms with E-state index in [1.54, 1.807) is 6.07 Å². The molecule has 0 bridgehead atoms. The average molecular weight is 349 g/mol. The van der Waals surface area contributed by atoms with E-state index in [9.17, 15) is 14.4 Å². The third-order valence-corrected chi connectivity index (χ3v) is 4.60. The number of aryl methyl sites for hydroxylation is 1. The first-order valence-corrected chi connectivity index (χ1v) is 7.86. The van der Waals surface area contributed by atoms with Crippen LogP contribution in [-0.4, -0.2) is 44.9 Å². The number of hydrogen-bond acceptors (Lipinski definition) is 4. The molecular formula is C15H11B3ClN3O3. The summed E-state index contributed by atoms with van der Waals surface area (Å²) in [6, 6.07) is 4.58. The molecule has 120 valence electrons. The van der Waals surface area contributed by atoms with Gasteiger partial charge in [-0.3, -0.25) is 24.3 Å². The number of halogens is 1. The zero-order chi connectivity index (χ0) is 18.6. The number of carbonyl (C=O) groups excluding carboxylic acids is 2. The molecular weight excluding hydrogens is 338 g/mol. The second-order valence-electron chi connectivity index (χ2n) is 6.21. The molecule has 2 heterocycles. The Bertz CT molecular complexity index is 976. The number of nitrogens with zero attached hydrogens (tertiary/aromatic N) is 2. The highest BCUT2D eigenvalue weighted by atomic mass is 35.5. The van der Waals surface area contributed by atoms with Gasteiger partial charge in [0.25, 0.3) is 5.56 Å². The lowest BCUT2D eigenvalue weighted by Crippen LogP contribution is -2.54. The average Bonchev–Trinajstić information content (AvgIpc) is 2.58. The van der Waals surface area contributed by atoms with E-state index in [4.69, 9.17) is 35.1 Å². The Morgan fingerprint density at radius 1 is 1.16 bits per heavy atom. The molecule has 3 rings (SSSR count). The minimum absolute atomic E-state index is 0.0917. The number of nitrogens with one attached hydrogen (secondary N) is 1. The van der Waals surface area contributed by atoms with Crippen LogP contribution in [0, 0.1) is 6.92 Å². The summed E-state index contributed by atoms with van der Waals surface area (Å²) in [4.78, 5) is 41.7. The van der Waals surface area contributed by atoms with Crippen LogP contribution in [0.2, 0.25) is 10.2 Å². The van der Waals surface area contributed by atoms with E-state index < -0.39 is 28.0 Å². The van der Waals surface area contributed by atoms with Gasteiger partial charge in [-0.15, -0.1) is 0 Å². The molecule has 1 saturated heterocycles. The number of benzene rings is 1. The zero-order valence-corrected chi connectivity index (χ0v) is 14.1. The third kappa shape index (κ3) is 2.80. The zero-order valence-electron chi connectivity index (χ0n) is 13.4. The predicted molar refractivity (Wildman–Crippen MR) is 96.1 cm³/mol. The van der Waals surface area contributed by atoms with Gasteiger partial charge in [-0.1, -0.05) is 18.0 Å². The van der Waals surface area contributed by atoms with Gasteiger partial charge in [0.2, 0.25) is 11.8 Å². The van der Waals surface area contributed by atoms with Gasteiger partial charge in [0.05, 0.1) is 32.0 Å². The number of imide groups is 1. The molecule has 2 aromatic rings. The van der Waals surface area contributed by atoms with Crippen molar-refractivity contribution in [2.45, 2.75) is 30.4 Å². The molecule has 1 aromatic heterocycles. The Labute approximate surface area is 152 Å². The van der Waals surface area contributed by atoms with Gasteiger partial charge >= 0.3 is 0 Å². The molecule has 1 aliphatic rings. The van der Waals surface area contributed by atoms with E-state index in [0.717, 1.165) is 4.57 Å². The highest BCUT2D eigenvalue weighted by Gasteiger charge is 2.44.